The zero-order valence-corrected chi connectivity index (χ0v) is 18.3. The van der Waals surface area contributed by atoms with E-state index in [4.69, 9.17) is 0 Å². The SMILES string of the molecule is CCC(=O)N1CCC(Cc2ccc(-c3ccccc3F)cc2)(C(=O)N2CCCC2)CC1. The van der Waals surface area contributed by atoms with Crippen LogP contribution in [0.5, 0.6) is 0 Å². The van der Waals surface area contributed by atoms with Gasteiger partial charge in [-0.2, -0.15) is 0 Å². The molecule has 0 radical (unpaired) electrons. The minimum Gasteiger partial charge on any atom is -0.343 e. The molecule has 2 heterocycles. The minimum atomic E-state index is -0.464. The Morgan fingerprint density at radius 1 is 0.903 bits per heavy atom. The first-order valence-corrected chi connectivity index (χ1v) is 11.4. The lowest BCUT2D eigenvalue weighted by atomic mass is 9.72. The molecule has 0 atom stereocenters. The number of rotatable bonds is 5. The second-order valence-corrected chi connectivity index (χ2v) is 8.87. The molecule has 4 rings (SSSR count). The van der Waals surface area contributed by atoms with Gasteiger partial charge in [0.25, 0.3) is 0 Å². The Labute approximate surface area is 184 Å². The summed E-state index contributed by atoms with van der Waals surface area (Å²) in [6, 6.07) is 14.7. The predicted octanol–water partition coefficient (Wildman–Crippen LogP) is 4.68. The van der Waals surface area contributed by atoms with Crippen molar-refractivity contribution in [2.24, 2.45) is 5.41 Å². The van der Waals surface area contributed by atoms with Gasteiger partial charge in [0.15, 0.2) is 0 Å². The van der Waals surface area contributed by atoms with E-state index in [-0.39, 0.29) is 17.6 Å². The van der Waals surface area contributed by atoms with Crippen molar-refractivity contribution in [3.63, 3.8) is 0 Å². The molecule has 2 aliphatic heterocycles. The van der Waals surface area contributed by atoms with Gasteiger partial charge >= 0.3 is 0 Å². The van der Waals surface area contributed by atoms with Gasteiger partial charge in [-0.1, -0.05) is 49.4 Å². The number of halogens is 1. The molecule has 2 aliphatic rings. The van der Waals surface area contributed by atoms with Crippen LogP contribution in [0.1, 0.15) is 44.6 Å². The number of carbonyl (C=O) groups excluding carboxylic acids is 2. The summed E-state index contributed by atoms with van der Waals surface area (Å²) in [5.74, 6) is 0.173. The molecular weight excluding hydrogens is 391 g/mol. The monoisotopic (exact) mass is 422 g/mol. The number of nitrogens with zero attached hydrogens (tertiary/aromatic N) is 2. The van der Waals surface area contributed by atoms with Gasteiger partial charge in [-0.15, -0.1) is 0 Å². The third kappa shape index (κ3) is 4.51. The Kier molecular flexibility index (Phi) is 6.40. The van der Waals surface area contributed by atoms with Crippen molar-refractivity contribution in [1.29, 1.82) is 0 Å². The lowest BCUT2D eigenvalue weighted by Gasteiger charge is -2.42. The van der Waals surface area contributed by atoms with Crippen molar-refractivity contribution < 1.29 is 14.0 Å². The molecule has 4 nitrogen and oxygen atoms in total. The summed E-state index contributed by atoms with van der Waals surface area (Å²) in [4.78, 5) is 29.7. The first kappa shape index (κ1) is 21.5. The zero-order chi connectivity index (χ0) is 21.8. The van der Waals surface area contributed by atoms with Crippen molar-refractivity contribution in [2.75, 3.05) is 26.2 Å². The Morgan fingerprint density at radius 3 is 2.16 bits per heavy atom. The summed E-state index contributed by atoms with van der Waals surface area (Å²) in [5.41, 5.74) is 2.05. The van der Waals surface area contributed by atoms with Crippen LogP contribution in [0.15, 0.2) is 48.5 Å². The Balaban J connectivity index is 1.55. The highest BCUT2D eigenvalue weighted by atomic mass is 19.1. The average molecular weight is 423 g/mol. The number of hydrogen-bond donors (Lipinski definition) is 0. The van der Waals surface area contributed by atoms with E-state index in [0.29, 0.717) is 44.3 Å². The topological polar surface area (TPSA) is 40.6 Å². The van der Waals surface area contributed by atoms with E-state index in [1.54, 1.807) is 12.1 Å². The van der Waals surface area contributed by atoms with Crippen LogP contribution in [-0.4, -0.2) is 47.8 Å². The number of hydrogen-bond acceptors (Lipinski definition) is 2. The van der Waals surface area contributed by atoms with Crippen molar-refractivity contribution in [3.05, 3.63) is 59.9 Å². The van der Waals surface area contributed by atoms with Crippen molar-refractivity contribution in [1.82, 2.24) is 9.80 Å². The second-order valence-electron chi connectivity index (χ2n) is 8.87. The number of likely N-dealkylation sites (tertiary alicyclic amines) is 2. The molecule has 5 heteroatoms. The maximum absolute atomic E-state index is 14.1. The number of benzene rings is 2. The molecule has 2 aromatic carbocycles. The molecule has 0 bridgehead atoms. The third-order valence-corrected chi connectivity index (χ3v) is 6.90. The van der Waals surface area contributed by atoms with Gasteiger partial charge < -0.3 is 9.80 Å². The van der Waals surface area contributed by atoms with Crippen LogP contribution in [0.25, 0.3) is 11.1 Å². The molecule has 0 unspecified atom stereocenters. The van der Waals surface area contributed by atoms with Crippen molar-refractivity contribution in [2.45, 2.75) is 45.4 Å². The van der Waals surface area contributed by atoms with Crippen LogP contribution in [0, 0.1) is 11.2 Å². The molecule has 0 aromatic heterocycles. The van der Waals surface area contributed by atoms with Gasteiger partial charge in [0.2, 0.25) is 11.8 Å². The quantitative estimate of drug-likeness (QED) is 0.702. The molecule has 2 aromatic rings. The van der Waals surface area contributed by atoms with Crippen LogP contribution in [0.4, 0.5) is 4.39 Å². The number of amides is 2. The van der Waals surface area contributed by atoms with Gasteiger partial charge in [0.05, 0.1) is 5.41 Å². The fourth-order valence-corrected chi connectivity index (χ4v) is 5.02. The van der Waals surface area contributed by atoms with E-state index in [0.717, 1.165) is 37.1 Å². The lowest BCUT2D eigenvalue weighted by Crippen LogP contribution is -2.51. The van der Waals surface area contributed by atoms with E-state index in [2.05, 4.69) is 0 Å². The second kappa shape index (κ2) is 9.21. The molecule has 0 N–H and O–H groups in total. The number of piperidine rings is 1. The summed E-state index contributed by atoms with van der Waals surface area (Å²) in [7, 11) is 0. The molecule has 2 fully saturated rings. The van der Waals surface area contributed by atoms with Crippen LogP contribution in [0.2, 0.25) is 0 Å². The molecule has 0 saturated carbocycles. The first-order chi connectivity index (χ1) is 15.0. The minimum absolute atomic E-state index is 0.163. The predicted molar refractivity (Wildman–Crippen MR) is 120 cm³/mol. The molecule has 31 heavy (non-hydrogen) atoms. The number of carbonyl (C=O) groups is 2. The molecule has 2 saturated heterocycles. The highest BCUT2D eigenvalue weighted by molar-refractivity contribution is 5.84. The summed E-state index contributed by atoms with van der Waals surface area (Å²) in [6.07, 6.45) is 4.70. The van der Waals surface area contributed by atoms with E-state index < -0.39 is 5.41 Å². The molecule has 0 spiro atoms. The third-order valence-electron chi connectivity index (χ3n) is 6.90. The average Bonchev–Trinajstić information content (AvgIpc) is 3.34. The van der Waals surface area contributed by atoms with Crippen LogP contribution >= 0.6 is 0 Å². The van der Waals surface area contributed by atoms with Crippen molar-refractivity contribution >= 4 is 11.8 Å². The summed E-state index contributed by atoms with van der Waals surface area (Å²) >= 11 is 0. The standard InChI is InChI=1S/C26H31FN2O2/c1-2-24(30)28-17-13-26(14-18-28,25(31)29-15-5-6-16-29)19-20-9-11-21(12-10-20)22-7-3-4-8-23(22)27/h3-4,7-12H,2,5-6,13-19H2,1H3. The van der Waals surface area contributed by atoms with Crippen LogP contribution in [-0.2, 0) is 16.0 Å². The van der Waals surface area contributed by atoms with E-state index in [1.165, 1.54) is 6.07 Å². The van der Waals surface area contributed by atoms with Gasteiger partial charge in [0, 0.05) is 38.2 Å². The fraction of sp³-hybridized carbons (Fsp3) is 0.462. The molecule has 164 valence electrons. The largest absolute Gasteiger partial charge is 0.343 e. The van der Waals surface area contributed by atoms with Gasteiger partial charge in [-0.25, -0.2) is 4.39 Å². The lowest BCUT2D eigenvalue weighted by molar-refractivity contribution is -0.147. The van der Waals surface area contributed by atoms with E-state index >= 15 is 0 Å². The summed E-state index contributed by atoms with van der Waals surface area (Å²) in [5, 5.41) is 0. The Bertz CT molecular complexity index is 927. The first-order valence-electron chi connectivity index (χ1n) is 11.4. The highest BCUT2D eigenvalue weighted by Crippen LogP contribution is 2.38. The molecule has 2 amide bonds. The fourth-order valence-electron chi connectivity index (χ4n) is 5.02. The summed E-state index contributed by atoms with van der Waals surface area (Å²) < 4.78 is 14.1. The van der Waals surface area contributed by atoms with E-state index in [1.807, 2.05) is 47.1 Å². The van der Waals surface area contributed by atoms with E-state index in [9.17, 15) is 14.0 Å². The smallest absolute Gasteiger partial charge is 0.229 e. The van der Waals surface area contributed by atoms with Crippen LogP contribution in [0.3, 0.4) is 0 Å². The Morgan fingerprint density at radius 2 is 1.55 bits per heavy atom. The highest BCUT2D eigenvalue weighted by Gasteiger charge is 2.44. The van der Waals surface area contributed by atoms with Crippen molar-refractivity contribution in [3.8, 4) is 11.1 Å². The molecule has 0 aliphatic carbocycles. The summed E-state index contributed by atoms with van der Waals surface area (Å²) in [6.45, 7) is 4.84. The van der Waals surface area contributed by atoms with Gasteiger partial charge in [0.1, 0.15) is 5.82 Å². The maximum atomic E-state index is 14.1. The van der Waals surface area contributed by atoms with Gasteiger partial charge in [-0.05, 0) is 49.3 Å². The maximum Gasteiger partial charge on any atom is 0.229 e. The van der Waals surface area contributed by atoms with Crippen LogP contribution < -0.4 is 0 Å². The zero-order valence-electron chi connectivity index (χ0n) is 18.3. The normalized spacial score (nSPS) is 18.3. The van der Waals surface area contributed by atoms with Gasteiger partial charge in [-0.3, -0.25) is 9.59 Å². The Hall–Kier alpha value is -2.69. The molecular formula is C26H31FN2O2.